The molecule has 0 saturated carbocycles. The van der Waals surface area contributed by atoms with Crippen LogP contribution >= 0.6 is 0 Å². The van der Waals surface area contributed by atoms with E-state index in [-0.39, 0.29) is 5.97 Å². The van der Waals surface area contributed by atoms with Crippen LogP contribution in [0.1, 0.15) is 25.8 Å². The third-order valence-corrected chi connectivity index (χ3v) is 2.19. The van der Waals surface area contributed by atoms with Crippen molar-refractivity contribution in [1.82, 2.24) is 0 Å². The molecule has 0 N–H and O–H groups in total. The second-order valence-electron chi connectivity index (χ2n) is 3.40. The minimum Gasteiger partial charge on any atom is -0.493 e. The number of aryl methyl sites for hydroxylation is 1. The van der Waals surface area contributed by atoms with Crippen LogP contribution in [0.2, 0.25) is 0 Å². The summed E-state index contributed by atoms with van der Waals surface area (Å²) in [5.41, 5.74) is 1.23. The van der Waals surface area contributed by atoms with E-state index >= 15 is 0 Å². The maximum atomic E-state index is 11.1. The molecule has 0 radical (unpaired) electrons. The van der Waals surface area contributed by atoms with Gasteiger partial charge in [-0.1, -0.05) is 19.1 Å². The van der Waals surface area contributed by atoms with Crippen LogP contribution in [-0.2, 0) is 16.0 Å². The van der Waals surface area contributed by atoms with Gasteiger partial charge in [0.1, 0.15) is 5.75 Å². The maximum absolute atomic E-state index is 11.1. The molecule has 0 fully saturated rings. The van der Waals surface area contributed by atoms with E-state index in [0.29, 0.717) is 19.6 Å². The molecule has 16 heavy (non-hydrogen) atoms. The Kier molecular flexibility index (Phi) is 5.40. The number of carbonyl (C=O) groups excluding carboxylic acids is 1. The molecule has 88 valence electrons. The van der Waals surface area contributed by atoms with Gasteiger partial charge < -0.3 is 9.47 Å². The van der Waals surface area contributed by atoms with Crippen molar-refractivity contribution in [3.05, 3.63) is 29.8 Å². The third kappa shape index (κ3) is 4.34. The van der Waals surface area contributed by atoms with Crippen LogP contribution < -0.4 is 4.74 Å². The predicted molar refractivity (Wildman–Crippen MR) is 62.6 cm³/mol. The first kappa shape index (κ1) is 12.6. The number of hydrogen-bond donors (Lipinski definition) is 0. The Labute approximate surface area is 96.4 Å². The molecule has 0 saturated heterocycles. The minimum atomic E-state index is -0.214. The average molecular weight is 222 g/mol. The van der Waals surface area contributed by atoms with Gasteiger partial charge in [-0.15, -0.1) is 0 Å². The first-order chi connectivity index (χ1) is 7.76. The van der Waals surface area contributed by atoms with Gasteiger partial charge in [-0.3, -0.25) is 4.79 Å². The van der Waals surface area contributed by atoms with Gasteiger partial charge in [0.25, 0.3) is 0 Å². The van der Waals surface area contributed by atoms with Crippen LogP contribution in [0.3, 0.4) is 0 Å². The highest BCUT2D eigenvalue weighted by Gasteiger charge is 2.02. The SMILES string of the molecule is CCOC(=O)CCOc1cccc(CC)c1. The van der Waals surface area contributed by atoms with Crippen LogP contribution in [0, 0.1) is 0 Å². The lowest BCUT2D eigenvalue weighted by Crippen LogP contribution is -2.09. The molecular weight excluding hydrogens is 204 g/mol. The lowest BCUT2D eigenvalue weighted by Gasteiger charge is -2.07. The predicted octanol–water partition coefficient (Wildman–Crippen LogP) is 2.58. The van der Waals surface area contributed by atoms with Gasteiger partial charge >= 0.3 is 5.97 Å². The van der Waals surface area contributed by atoms with Crippen molar-refractivity contribution in [3.63, 3.8) is 0 Å². The number of esters is 1. The largest absolute Gasteiger partial charge is 0.493 e. The molecule has 3 heteroatoms. The molecular formula is C13H18O3. The maximum Gasteiger partial charge on any atom is 0.309 e. The van der Waals surface area contributed by atoms with Crippen molar-refractivity contribution in [2.45, 2.75) is 26.7 Å². The van der Waals surface area contributed by atoms with E-state index in [0.717, 1.165) is 12.2 Å². The smallest absolute Gasteiger partial charge is 0.309 e. The molecule has 0 unspecified atom stereocenters. The Bertz CT molecular complexity index is 334. The molecule has 0 spiro atoms. The number of hydrogen-bond acceptors (Lipinski definition) is 3. The molecule has 0 amide bonds. The van der Waals surface area contributed by atoms with Gasteiger partial charge in [0.05, 0.1) is 19.6 Å². The summed E-state index contributed by atoms with van der Waals surface area (Å²) >= 11 is 0. The van der Waals surface area contributed by atoms with Gasteiger partial charge in [-0.25, -0.2) is 0 Å². The van der Waals surface area contributed by atoms with E-state index in [2.05, 4.69) is 13.0 Å². The van der Waals surface area contributed by atoms with Crippen LogP contribution in [0.25, 0.3) is 0 Å². The summed E-state index contributed by atoms with van der Waals surface area (Å²) in [6.07, 6.45) is 1.28. The summed E-state index contributed by atoms with van der Waals surface area (Å²) in [4.78, 5) is 11.1. The van der Waals surface area contributed by atoms with E-state index < -0.39 is 0 Å². The lowest BCUT2D eigenvalue weighted by atomic mass is 10.2. The molecule has 0 atom stereocenters. The van der Waals surface area contributed by atoms with Gasteiger partial charge in [0.15, 0.2) is 0 Å². The zero-order chi connectivity index (χ0) is 11.8. The van der Waals surface area contributed by atoms with E-state index in [1.54, 1.807) is 6.92 Å². The highest BCUT2D eigenvalue weighted by molar-refractivity contribution is 5.69. The molecule has 0 aliphatic heterocycles. The summed E-state index contributed by atoms with van der Waals surface area (Å²) in [5.74, 6) is 0.595. The van der Waals surface area contributed by atoms with Gasteiger partial charge in [-0.05, 0) is 31.0 Å². The van der Waals surface area contributed by atoms with Crippen molar-refractivity contribution < 1.29 is 14.3 Å². The summed E-state index contributed by atoms with van der Waals surface area (Å²) < 4.78 is 10.3. The average Bonchev–Trinajstić information content (AvgIpc) is 2.30. The molecule has 0 aliphatic carbocycles. The van der Waals surface area contributed by atoms with Gasteiger partial charge in [-0.2, -0.15) is 0 Å². The zero-order valence-electron chi connectivity index (χ0n) is 9.86. The Morgan fingerprint density at radius 1 is 1.31 bits per heavy atom. The van der Waals surface area contributed by atoms with Gasteiger partial charge in [0, 0.05) is 0 Å². The van der Waals surface area contributed by atoms with Gasteiger partial charge in [0.2, 0.25) is 0 Å². The van der Waals surface area contributed by atoms with E-state index in [4.69, 9.17) is 9.47 Å². The van der Waals surface area contributed by atoms with Crippen molar-refractivity contribution >= 4 is 5.97 Å². The fourth-order valence-electron chi connectivity index (χ4n) is 1.34. The molecule has 1 aromatic rings. The summed E-state index contributed by atoms with van der Waals surface area (Å²) in [6, 6.07) is 7.90. The standard InChI is InChI=1S/C13H18O3/c1-3-11-6-5-7-12(10-11)16-9-8-13(14)15-4-2/h5-7,10H,3-4,8-9H2,1-2H3. The van der Waals surface area contributed by atoms with Crippen molar-refractivity contribution in [2.24, 2.45) is 0 Å². The summed E-state index contributed by atoms with van der Waals surface area (Å²) in [6.45, 7) is 4.68. The topological polar surface area (TPSA) is 35.5 Å². The summed E-state index contributed by atoms with van der Waals surface area (Å²) in [5, 5.41) is 0. The first-order valence-electron chi connectivity index (χ1n) is 5.63. The summed E-state index contributed by atoms with van der Waals surface area (Å²) in [7, 11) is 0. The number of rotatable bonds is 6. The second-order valence-corrected chi connectivity index (χ2v) is 3.40. The number of ether oxygens (including phenoxy) is 2. The number of benzene rings is 1. The van der Waals surface area contributed by atoms with Crippen molar-refractivity contribution in [2.75, 3.05) is 13.2 Å². The Morgan fingerprint density at radius 3 is 2.81 bits per heavy atom. The molecule has 3 nitrogen and oxygen atoms in total. The van der Waals surface area contributed by atoms with E-state index in [1.165, 1.54) is 5.56 Å². The normalized spacial score (nSPS) is 9.88. The van der Waals surface area contributed by atoms with E-state index in [1.807, 2.05) is 18.2 Å². The first-order valence-corrected chi connectivity index (χ1v) is 5.63. The van der Waals surface area contributed by atoms with Crippen molar-refractivity contribution in [3.8, 4) is 5.75 Å². The number of carbonyl (C=O) groups is 1. The van der Waals surface area contributed by atoms with Crippen LogP contribution in [0.4, 0.5) is 0 Å². The lowest BCUT2D eigenvalue weighted by molar-refractivity contribution is -0.143. The Balaban J connectivity index is 2.34. The van der Waals surface area contributed by atoms with Crippen LogP contribution in [0.15, 0.2) is 24.3 Å². The zero-order valence-corrected chi connectivity index (χ0v) is 9.86. The Morgan fingerprint density at radius 2 is 2.12 bits per heavy atom. The fraction of sp³-hybridized carbons (Fsp3) is 0.462. The minimum absolute atomic E-state index is 0.214. The van der Waals surface area contributed by atoms with Crippen molar-refractivity contribution in [1.29, 1.82) is 0 Å². The molecule has 0 heterocycles. The van der Waals surface area contributed by atoms with E-state index in [9.17, 15) is 4.79 Å². The fourth-order valence-corrected chi connectivity index (χ4v) is 1.34. The second kappa shape index (κ2) is 6.88. The Hall–Kier alpha value is -1.51. The monoisotopic (exact) mass is 222 g/mol. The molecule has 0 aliphatic rings. The molecule has 1 rings (SSSR count). The highest BCUT2D eigenvalue weighted by Crippen LogP contribution is 2.13. The third-order valence-electron chi connectivity index (χ3n) is 2.19. The van der Waals surface area contributed by atoms with Crippen LogP contribution in [-0.4, -0.2) is 19.2 Å². The van der Waals surface area contributed by atoms with Crippen LogP contribution in [0.5, 0.6) is 5.75 Å². The molecule has 1 aromatic carbocycles. The molecule has 0 bridgehead atoms. The highest BCUT2D eigenvalue weighted by atomic mass is 16.5. The quantitative estimate of drug-likeness (QED) is 0.694. The molecule has 0 aromatic heterocycles.